The molecule has 1 heterocycles. The van der Waals surface area contributed by atoms with Crippen molar-refractivity contribution in [2.75, 3.05) is 0 Å². The Morgan fingerprint density at radius 3 is 1.85 bits per heavy atom. The largest absolute Gasteiger partial charge is 0.481 e. The van der Waals surface area contributed by atoms with Crippen molar-refractivity contribution in [3.8, 4) is 0 Å². The highest BCUT2D eigenvalue weighted by molar-refractivity contribution is 5.62. The van der Waals surface area contributed by atoms with E-state index < -0.39 is 5.97 Å². The van der Waals surface area contributed by atoms with Gasteiger partial charge in [-0.3, -0.25) is 4.79 Å². The minimum absolute atomic E-state index is 0.196. The Morgan fingerprint density at radius 2 is 1.60 bits per heavy atom. The Balaban J connectivity index is 0.000000796. The lowest BCUT2D eigenvalue weighted by Gasteiger charge is -2.46. The number of nitrogens with zero attached hydrogens (tertiary/aromatic N) is 2. The first-order valence-electron chi connectivity index (χ1n) is 7.28. The van der Waals surface area contributed by atoms with Crippen LogP contribution in [0.3, 0.4) is 0 Å². The van der Waals surface area contributed by atoms with E-state index in [0.717, 1.165) is 13.3 Å². The second kappa shape index (κ2) is 6.51. The number of rotatable bonds is 1. The lowest BCUT2D eigenvalue weighted by molar-refractivity contribution is -0.134. The molecule has 0 saturated heterocycles. The molecule has 0 bridgehead atoms. The number of allylic oxidation sites excluding steroid dienone is 1. The zero-order valence-electron chi connectivity index (χ0n) is 14.6. The zero-order valence-corrected chi connectivity index (χ0v) is 14.6. The molecule has 1 unspecified atom stereocenters. The summed E-state index contributed by atoms with van der Waals surface area (Å²) in [5.74, 6) is -0.833. The third-order valence-corrected chi connectivity index (χ3v) is 3.19. The summed E-state index contributed by atoms with van der Waals surface area (Å²) in [6.07, 6.45) is 3.97. The summed E-state index contributed by atoms with van der Waals surface area (Å²) in [4.78, 5) is 14.0. The van der Waals surface area contributed by atoms with Crippen LogP contribution < -0.4 is 0 Å². The van der Waals surface area contributed by atoms with Gasteiger partial charge in [0.1, 0.15) is 6.17 Å². The van der Waals surface area contributed by atoms with Crippen LogP contribution >= 0.6 is 0 Å². The van der Waals surface area contributed by atoms with E-state index in [1.54, 1.807) is 0 Å². The summed E-state index contributed by atoms with van der Waals surface area (Å²) in [5, 5.41) is 7.42. The van der Waals surface area contributed by atoms with Gasteiger partial charge in [0.15, 0.2) is 0 Å². The standard InChI is InChI=1S/C14H28N2.C2H4O2/c1-9-12-15(13(3,4)5)10-11(2)16(12)14(6,7)8;1-2(3)4/h10,12H,9H2,1-8H3;1H3,(H,3,4). The summed E-state index contributed by atoms with van der Waals surface area (Å²) >= 11 is 0. The molecule has 4 nitrogen and oxygen atoms in total. The Hall–Kier alpha value is -1.19. The zero-order chi connectivity index (χ0) is 16.3. The van der Waals surface area contributed by atoms with E-state index >= 15 is 0 Å². The van der Waals surface area contributed by atoms with E-state index in [-0.39, 0.29) is 11.1 Å². The number of carboxylic acids is 1. The van der Waals surface area contributed by atoms with Gasteiger partial charge in [0.05, 0.1) is 0 Å². The van der Waals surface area contributed by atoms with Crippen molar-refractivity contribution < 1.29 is 9.90 Å². The molecule has 0 saturated carbocycles. The van der Waals surface area contributed by atoms with E-state index in [4.69, 9.17) is 9.90 Å². The molecule has 4 heteroatoms. The van der Waals surface area contributed by atoms with Crippen LogP contribution in [-0.4, -0.2) is 38.1 Å². The minimum Gasteiger partial charge on any atom is -0.481 e. The van der Waals surface area contributed by atoms with Crippen molar-refractivity contribution in [3.63, 3.8) is 0 Å². The predicted molar refractivity (Wildman–Crippen MR) is 84.3 cm³/mol. The summed E-state index contributed by atoms with van der Waals surface area (Å²) in [6.45, 7) is 19.3. The topological polar surface area (TPSA) is 43.8 Å². The SMILES string of the molecule is CC(=O)O.CCC1N(C(C)(C)C)C=C(C)N1C(C)(C)C. The summed E-state index contributed by atoms with van der Waals surface area (Å²) in [7, 11) is 0. The van der Waals surface area contributed by atoms with Gasteiger partial charge in [0, 0.05) is 29.9 Å². The molecule has 20 heavy (non-hydrogen) atoms. The first kappa shape index (κ1) is 18.8. The molecule has 0 radical (unpaired) electrons. The molecule has 1 rings (SSSR count). The molecule has 0 aromatic heterocycles. The quantitative estimate of drug-likeness (QED) is 0.793. The van der Waals surface area contributed by atoms with Crippen LogP contribution in [0.5, 0.6) is 0 Å². The molecule has 1 atom stereocenters. The Labute approximate surface area is 124 Å². The number of hydrogen-bond donors (Lipinski definition) is 1. The van der Waals surface area contributed by atoms with Gasteiger partial charge in [-0.05, 0) is 54.9 Å². The van der Waals surface area contributed by atoms with Crippen molar-refractivity contribution in [3.05, 3.63) is 11.9 Å². The predicted octanol–water partition coefficient (Wildman–Crippen LogP) is 3.89. The van der Waals surface area contributed by atoms with Crippen LogP contribution in [0, 0.1) is 0 Å². The van der Waals surface area contributed by atoms with Crippen molar-refractivity contribution in [2.24, 2.45) is 0 Å². The third kappa shape index (κ3) is 5.06. The van der Waals surface area contributed by atoms with Crippen LogP contribution in [0.1, 0.15) is 68.7 Å². The fraction of sp³-hybridized carbons (Fsp3) is 0.812. The first-order chi connectivity index (χ1) is 8.82. The van der Waals surface area contributed by atoms with E-state index in [1.807, 2.05) is 0 Å². The van der Waals surface area contributed by atoms with Gasteiger partial charge >= 0.3 is 0 Å². The monoisotopic (exact) mass is 284 g/mol. The number of aliphatic carboxylic acids is 1. The smallest absolute Gasteiger partial charge is 0.300 e. The van der Waals surface area contributed by atoms with Gasteiger partial charge < -0.3 is 14.9 Å². The molecule has 1 N–H and O–H groups in total. The highest BCUT2D eigenvalue weighted by Gasteiger charge is 2.39. The van der Waals surface area contributed by atoms with Crippen LogP contribution in [0.15, 0.2) is 11.9 Å². The van der Waals surface area contributed by atoms with E-state index in [0.29, 0.717) is 6.17 Å². The summed E-state index contributed by atoms with van der Waals surface area (Å²) < 4.78 is 0. The number of carbonyl (C=O) groups is 1. The average Bonchev–Trinajstić information content (AvgIpc) is 2.52. The fourth-order valence-electron chi connectivity index (χ4n) is 2.71. The summed E-state index contributed by atoms with van der Waals surface area (Å²) in [5.41, 5.74) is 1.78. The molecule has 0 aromatic carbocycles. The molecule has 0 spiro atoms. The molecule has 0 fully saturated rings. The normalized spacial score (nSPS) is 19.4. The molecule has 0 amide bonds. The maximum absolute atomic E-state index is 9.00. The lowest BCUT2D eigenvalue weighted by atomic mass is 10.0. The molecular weight excluding hydrogens is 252 g/mol. The lowest BCUT2D eigenvalue weighted by Crippen LogP contribution is -2.53. The Bertz CT molecular complexity index is 358. The maximum Gasteiger partial charge on any atom is 0.300 e. The van der Waals surface area contributed by atoms with Gasteiger partial charge in [-0.1, -0.05) is 6.92 Å². The van der Waals surface area contributed by atoms with Crippen molar-refractivity contribution in [1.29, 1.82) is 0 Å². The van der Waals surface area contributed by atoms with Crippen molar-refractivity contribution in [2.45, 2.75) is 86.0 Å². The van der Waals surface area contributed by atoms with Gasteiger partial charge in [0.2, 0.25) is 0 Å². The highest BCUT2D eigenvalue weighted by atomic mass is 16.4. The van der Waals surface area contributed by atoms with Crippen molar-refractivity contribution >= 4 is 5.97 Å². The molecular formula is C16H32N2O2. The van der Waals surface area contributed by atoms with Crippen molar-refractivity contribution in [1.82, 2.24) is 9.80 Å². The first-order valence-corrected chi connectivity index (χ1v) is 7.28. The molecule has 1 aliphatic heterocycles. The van der Waals surface area contributed by atoms with Crippen LogP contribution in [-0.2, 0) is 4.79 Å². The maximum atomic E-state index is 9.00. The molecule has 1 aliphatic rings. The number of carboxylic acid groups (broad SMARTS) is 1. The molecule has 118 valence electrons. The third-order valence-electron chi connectivity index (χ3n) is 3.19. The van der Waals surface area contributed by atoms with E-state index in [1.165, 1.54) is 5.70 Å². The van der Waals surface area contributed by atoms with Gasteiger partial charge in [0.25, 0.3) is 5.97 Å². The van der Waals surface area contributed by atoms with Gasteiger partial charge in [-0.15, -0.1) is 0 Å². The average molecular weight is 284 g/mol. The molecule has 0 aliphatic carbocycles. The highest BCUT2D eigenvalue weighted by Crippen LogP contribution is 2.36. The fourth-order valence-corrected chi connectivity index (χ4v) is 2.71. The van der Waals surface area contributed by atoms with E-state index in [2.05, 4.69) is 71.4 Å². The Morgan fingerprint density at radius 1 is 1.20 bits per heavy atom. The second-order valence-corrected chi connectivity index (χ2v) is 7.30. The van der Waals surface area contributed by atoms with E-state index in [9.17, 15) is 0 Å². The molecule has 0 aromatic rings. The van der Waals surface area contributed by atoms with Crippen LogP contribution in [0.4, 0.5) is 0 Å². The minimum atomic E-state index is -0.833. The van der Waals surface area contributed by atoms with Crippen LogP contribution in [0.25, 0.3) is 0 Å². The number of hydrogen-bond acceptors (Lipinski definition) is 3. The summed E-state index contributed by atoms with van der Waals surface area (Å²) in [6, 6.07) is 0. The Kier molecular flexibility index (Phi) is 6.12. The van der Waals surface area contributed by atoms with Crippen LogP contribution in [0.2, 0.25) is 0 Å². The second-order valence-electron chi connectivity index (χ2n) is 7.30. The van der Waals surface area contributed by atoms with Gasteiger partial charge in [-0.25, -0.2) is 0 Å². The van der Waals surface area contributed by atoms with Gasteiger partial charge in [-0.2, -0.15) is 0 Å².